The van der Waals surface area contributed by atoms with Gasteiger partial charge in [0.1, 0.15) is 0 Å². The molecule has 4 heteroatoms. The van der Waals surface area contributed by atoms with E-state index in [0.29, 0.717) is 0 Å². The van der Waals surface area contributed by atoms with Gasteiger partial charge in [0.15, 0.2) is 0 Å². The predicted molar refractivity (Wildman–Crippen MR) is 72.9 cm³/mol. The molecule has 1 N–H and O–H groups in total. The number of ether oxygens (including phenoxy) is 1. The fourth-order valence-corrected chi connectivity index (χ4v) is 1.95. The quantitative estimate of drug-likeness (QED) is 0.622. The van der Waals surface area contributed by atoms with Crippen LogP contribution in [0.4, 0.5) is 5.69 Å². The van der Waals surface area contributed by atoms with Crippen LogP contribution in [0, 0.1) is 0 Å². The van der Waals surface area contributed by atoms with Crippen molar-refractivity contribution in [3.63, 3.8) is 0 Å². The van der Waals surface area contributed by atoms with Crippen LogP contribution in [0.2, 0.25) is 0 Å². The molecule has 0 fully saturated rings. The van der Waals surface area contributed by atoms with E-state index in [4.69, 9.17) is 0 Å². The lowest BCUT2D eigenvalue weighted by Crippen LogP contribution is -2.02. The van der Waals surface area contributed by atoms with E-state index in [1.54, 1.807) is 11.8 Å². The van der Waals surface area contributed by atoms with Crippen LogP contribution in [0.1, 0.15) is 13.3 Å². The van der Waals surface area contributed by atoms with Crippen LogP contribution in [-0.4, -0.2) is 18.8 Å². The molecule has 1 aromatic carbocycles. The van der Waals surface area contributed by atoms with Crippen LogP contribution >= 0.6 is 11.8 Å². The maximum absolute atomic E-state index is 11.2. The molecule has 17 heavy (non-hydrogen) atoms. The monoisotopic (exact) mass is 251 g/mol. The summed E-state index contributed by atoms with van der Waals surface area (Å²) in [4.78, 5) is 11.2. The molecule has 0 aromatic heterocycles. The maximum atomic E-state index is 11.2. The number of carbonyl (C=O) groups is 1. The van der Waals surface area contributed by atoms with E-state index in [9.17, 15) is 4.79 Å². The standard InChI is InChI=1S/C13H17NO2S/c1-3-9-17-12(10-13(15)16-2)14-11-7-5-4-6-8-11/h4-8,10,14H,3,9H2,1-2H3/b12-10-. The zero-order chi connectivity index (χ0) is 12.5. The minimum absolute atomic E-state index is 0.341. The Labute approximate surface area is 106 Å². The summed E-state index contributed by atoms with van der Waals surface area (Å²) < 4.78 is 4.63. The molecule has 0 radical (unpaired) electrons. The van der Waals surface area contributed by atoms with Gasteiger partial charge in [0.25, 0.3) is 0 Å². The Morgan fingerprint density at radius 1 is 1.41 bits per heavy atom. The van der Waals surface area contributed by atoms with E-state index < -0.39 is 0 Å². The van der Waals surface area contributed by atoms with Gasteiger partial charge in [-0.1, -0.05) is 25.1 Å². The third kappa shape index (κ3) is 5.45. The molecule has 0 unspecified atom stereocenters. The highest BCUT2D eigenvalue weighted by Gasteiger charge is 2.02. The van der Waals surface area contributed by atoms with Gasteiger partial charge in [-0.3, -0.25) is 0 Å². The fourth-order valence-electron chi connectivity index (χ4n) is 1.16. The van der Waals surface area contributed by atoms with Crippen molar-refractivity contribution < 1.29 is 9.53 Å². The summed E-state index contributed by atoms with van der Waals surface area (Å²) in [6, 6.07) is 9.76. The summed E-state index contributed by atoms with van der Waals surface area (Å²) in [6.45, 7) is 2.10. The van der Waals surface area contributed by atoms with Crippen molar-refractivity contribution in [1.29, 1.82) is 0 Å². The summed E-state index contributed by atoms with van der Waals surface area (Å²) in [6.07, 6.45) is 2.53. The van der Waals surface area contributed by atoms with Gasteiger partial charge in [-0.15, -0.1) is 11.8 Å². The Kier molecular flexibility index (Phi) is 6.25. The molecule has 0 saturated carbocycles. The second-order valence-electron chi connectivity index (χ2n) is 3.37. The van der Waals surface area contributed by atoms with E-state index in [1.165, 1.54) is 13.2 Å². The Morgan fingerprint density at radius 3 is 2.71 bits per heavy atom. The molecule has 3 nitrogen and oxygen atoms in total. The molecule has 0 aliphatic rings. The van der Waals surface area contributed by atoms with E-state index in [1.807, 2.05) is 30.3 Å². The van der Waals surface area contributed by atoms with E-state index >= 15 is 0 Å². The summed E-state index contributed by atoms with van der Waals surface area (Å²) in [5.74, 6) is 0.620. The highest BCUT2D eigenvalue weighted by atomic mass is 32.2. The van der Waals surface area contributed by atoms with Gasteiger partial charge in [-0.25, -0.2) is 4.79 Å². The summed E-state index contributed by atoms with van der Waals surface area (Å²) >= 11 is 1.61. The predicted octanol–water partition coefficient (Wildman–Crippen LogP) is 3.26. The lowest BCUT2D eigenvalue weighted by Gasteiger charge is -2.09. The second kappa shape index (κ2) is 7.79. The van der Waals surface area contributed by atoms with Crippen LogP contribution in [0.15, 0.2) is 41.4 Å². The third-order valence-electron chi connectivity index (χ3n) is 1.95. The van der Waals surface area contributed by atoms with Gasteiger partial charge < -0.3 is 10.1 Å². The number of esters is 1. The first-order chi connectivity index (χ1) is 8.26. The van der Waals surface area contributed by atoms with Crippen LogP contribution < -0.4 is 5.32 Å². The fraction of sp³-hybridized carbons (Fsp3) is 0.308. The zero-order valence-electron chi connectivity index (χ0n) is 10.1. The van der Waals surface area contributed by atoms with Crippen molar-refractivity contribution in [2.45, 2.75) is 13.3 Å². The lowest BCUT2D eigenvalue weighted by molar-refractivity contribution is -0.134. The van der Waals surface area contributed by atoms with Crippen LogP contribution in [0.5, 0.6) is 0 Å². The molecule has 0 atom stereocenters. The van der Waals surface area contributed by atoms with E-state index in [0.717, 1.165) is 22.9 Å². The van der Waals surface area contributed by atoms with Gasteiger partial charge in [-0.05, 0) is 24.3 Å². The van der Waals surface area contributed by atoms with Crippen LogP contribution in [0.25, 0.3) is 0 Å². The lowest BCUT2D eigenvalue weighted by atomic mass is 10.3. The molecule has 92 valence electrons. The Morgan fingerprint density at radius 2 is 2.12 bits per heavy atom. The number of methoxy groups -OCH3 is 1. The molecule has 0 aliphatic heterocycles. The number of benzene rings is 1. The van der Waals surface area contributed by atoms with E-state index in [-0.39, 0.29) is 5.97 Å². The number of anilines is 1. The number of thioether (sulfide) groups is 1. The van der Waals surface area contributed by atoms with Crippen LogP contribution in [-0.2, 0) is 9.53 Å². The minimum Gasteiger partial charge on any atom is -0.466 e. The molecule has 0 saturated heterocycles. The Balaban J connectivity index is 2.70. The van der Waals surface area contributed by atoms with Gasteiger partial charge in [-0.2, -0.15) is 0 Å². The second-order valence-corrected chi connectivity index (χ2v) is 4.51. The number of carbonyl (C=O) groups excluding carboxylic acids is 1. The highest BCUT2D eigenvalue weighted by molar-refractivity contribution is 8.03. The zero-order valence-corrected chi connectivity index (χ0v) is 10.9. The van der Waals surface area contributed by atoms with Crippen molar-refractivity contribution in [1.82, 2.24) is 0 Å². The first-order valence-electron chi connectivity index (χ1n) is 5.50. The topological polar surface area (TPSA) is 38.3 Å². The van der Waals surface area contributed by atoms with Gasteiger partial charge in [0.2, 0.25) is 0 Å². The molecular weight excluding hydrogens is 234 g/mol. The normalized spacial score (nSPS) is 11.1. The maximum Gasteiger partial charge on any atom is 0.333 e. The number of hydrogen-bond acceptors (Lipinski definition) is 4. The van der Waals surface area contributed by atoms with Gasteiger partial charge >= 0.3 is 5.97 Å². The molecular formula is C13H17NO2S. The van der Waals surface area contributed by atoms with Gasteiger partial charge in [0.05, 0.1) is 18.2 Å². The first kappa shape index (κ1) is 13.6. The van der Waals surface area contributed by atoms with E-state index in [2.05, 4.69) is 17.0 Å². The van der Waals surface area contributed by atoms with Crippen molar-refractivity contribution >= 4 is 23.4 Å². The van der Waals surface area contributed by atoms with Crippen LogP contribution in [0.3, 0.4) is 0 Å². The third-order valence-corrected chi connectivity index (χ3v) is 3.10. The highest BCUT2D eigenvalue weighted by Crippen LogP contribution is 2.19. The molecule has 1 rings (SSSR count). The smallest absolute Gasteiger partial charge is 0.333 e. The number of hydrogen-bond donors (Lipinski definition) is 1. The summed E-state index contributed by atoms with van der Waals surface area (Å²) in [5, 5.41) is 4.01. The summed E-state index contributed by atoms with van der Waals surface area (Å²) in [5.41, 5.74) is 0.964. The van der Waals surface area contributed by atoms with Crippen molar-refractivity contribution in [3.8, 4) is 0 Å². The Hall–Kier alpha value is -1.42. The number of para-hydroxylation sites is 1. The number of rotatable bonds is 6. The molecule has 0 aliphatic carbocycles. The van der Waals surface area contributed by atoms with Crippen molar-refractivity contribution in [2.75, 3.05) is 18.2 Å². The van der Waals surface area contributed by atoms with Gasteiger partial charge in [0, 0.05) is 5.69 Å². The average Bonchev–Trinajstić information content (AvgIpc) is 2.37. The molecule has 0 heterocycles. The first-order valence-corrected chi connectivity index (χ1v) is 6.49. The van der Waals surface area contributed by atoms with Crippen molar-refractivity contribution in [2.24, 2.45) is 0 Å². The van der Waals surface area contributed by atoms with Crippen molar-refractivity contribution in [3.05, 3.63) is 41.4 Å². The molecule has 0 bridgehead atoms. The Bertz CT molecular complexity index is 376. The molecule has 0 spiro atoms. The molecule has 1 aromatic rings. The SMILES string of the molecule is CCCS/C(=C\C(=O)OC)Nc1ccccc1. The molecule has 0 amide bonds. The summed E-state index contributed by atoms with van der Waals surface area (Å²) in [7, 11) is 1.38. The number of nitrogens with one attached hydrogen (secondary N) is 1. The average molecular weight is 251 g/mol. The largest absolute Gasteiger partial charge is 0.466 e. The minimum atomic E-state index is -0.341.